The normalized spacial score (nSPS) is 20.8. The van der Waals surface area contributed by atoms with Gasteiger partial charge >= 0.3 is 6.18 Å². The van der Waals surface area contributed by atoms with Crippen LogP contribution in [-0.4, -0.2) is 52.7 Å². The summed E-state index contributed by atoms with van der Waals surface area (Å²) in [5.74, 6) is 0.404. The van der Waals surface area contributed by atoms with Crippen LogP contribution >= 0.6 is 0 Å². The van der Waals surface area contributed by atoms with Crippen LogP contribution in [-0.2, 0) is 10.9 Å². The van der Waals surface area contributed by atoms with E-state index < -0.39 is 23.5 Å². The molecule has 2 saturated heterocycles. The van der Waals surface area contributed by atoms with Gasteiger partial charge in [0.25, 0.3) is 0 Å². The number of benzene rings is 1. The molecule has 0 amide bonds. The number of morpholine rings is 1. The smallest absolute Gasteiger partial charge is 0.416 e. The van der Waals surface area contributed by atoms with E-state index in [0.29, 0.717) is 47.6 Å². The molecule has 2 unspecified atom stereocenters. The van der Waals surface area contributed by atoms with Gasteiger partial charge in [-0.05, 0) is 56.5 Å². The first-order valence-electron chi connectivity index (χ1n) is 11.4. The van der Waals surface area contributed by atoms with Crippen molar-refractivity contribution >= 4 is 22.4 Å². The molecule has 0 radical (unpaired) electrons. The van der Waals surface area contributed by atoms with Gasteiger partial charge in [0.1, 0.15) is 17.0 Å². The largest absolute Gasteiger partial charge is 0.508 e. The van der Waals surface area contributed by atoms with Gasteiger partial charge in [0.15, 0.2) is 5.82 Å². The summed E-state index contributed by atoms with van der Waals surface area (Å²) in [6.45, 7) is 4.75. The zero-order chi connectivity index (χ0) is 24.9. The molecule has 2 bridgehead atoms. The summed E-state index contributed by atoms with van der Waals surface area (Å²) in [6.07, 6.45) is -2.54. The maximum atomic E-state index is 13.3. The third-order valence-electron chi connectivity index (χ3n) is 6.70. The number of hydrogen-bond acceptors (Lipinski definition) is 8. The Hall–Kier alpha value is -3.34. The highest BCUT2D eigenvalue weighted by molar-refractivity contribution is 5.94. The molecule has 186 valence electrons. The standard InChI is InChI=1S/C24H26F3N5O3/c1-12(14-6-15(24(25,26)27)8-18(33)7-14)28-22-19-9-20(32-16-4-5-17(32)11-35-10-16)23(34-3)29-21(19)13(2)30-31-22/h6-9,12,16-17,33H,4-5,10-11H2,1-3H3,(H,28,31)/t12-,16?,17?/m1/s1. The number of nitrogens with zero attached hydrogens (tertiary/aromatic N) is 4. The number of hydrogen-bond donors (Lipinski definition) is 2. The number of phenols is 1. The van der Waals surface area contributed by atoms with Crippen molar-refractivity contribution in [3.63, 3.8) is 0 Å². The Bertz CT molecular complexity index is 1250. The van der Waals surface area contributed by atoms with Crippen LogP contribution in [0.5, 0.6) is 11.6 Å². The predicted molar refractivity (Wildman–Crippen MR) is 124 cm³/mol. The number of aromatic hydroxyl groups is 1. The maximum Gasteiger partial charge on any atom is 0.416 e. The number of phenolic OH excluding ortho intramolecular Hbond substituents is 1. The Morgan fingerprint density at radius 3 is 2.51 bits per heavy atom. The minimum absolute atomic E-state index is 0.223. The quantitative estimate of drug-likeness (QED) is 0.537. The molecule has 2 aliphatic heterocycles. The number of pyridine rings is 1. The third kappa shape index (κ3) is 4.29. The van der Waals surface area contributed by atoms with E-state index in [-0.39, 0.29) is 17.6 Å². The first-order valence-corrected chi connectivity index (χ1v) is 11.4. The Labute approximate surface area is 200 Å². The second kappa shape index (κ2) is 8.71. The number of nitrogens with one attached hydrogen (secondary N) is 1. The van der Waals surface area contributed by atoms with Crippen LogP contribution in [0.2, 0.25) is 0 Å². The van der Waals surface area contributed by atoms with Gasteiger partial charge in [0, 0.05) is 5.39 Å². The van der Waals surface area contributed by atoms with Gasteiger partial charge in [-0.2, -0.15) is 18.3 Å². The van der Waals surface area contributed by atoms with E-state index in [4.69, 9.17) is 14.5 Å². The van der Waals surface area contributed by atoms with Crippen molar-refractivity contribution in [3.8, 4) is 11.6 Å². The highest BCUT2D eigenvalue weighted by Crippen LogP contribution is 2.41. The number of aryl methyl sites for hydroxylation is 1. The van der Waals surface area contributed by atoms with E-state index in [1.165, 1.54) is 6.07 Å². The SMILES string of the molecule is COc1nc2c(C)nnc(N[C@H](C)c3cc(O)cc(C(F)(F)F)c3)c2cc1N1C2CCC1COC2. The molecule has 0 aliphatic carbocycles. The highest BCUT2D eigenvalue weighted by Gasteiger charge is 2.39. The molecule has 2 aromatic heterocycles. The second-order valence-corrected chi connectivity index (χ2v) is 9.05. The molecule has 2 fully saturated rings. The number of alkyl halides is 3. The molecule has 3 aromatic rings. The molecular weight excluding hydrogens is 463 g/mol. The fraction of sp³-hybridized carbons (Fsp3) is 0.458. The molecule has 35 heavy (non-hydrogen) atoms. The molecule has 11 heteroatoms. The summed E-state index contributed by atoms with van der Waals surface area (Å²) in [5.41, 5.74) is 1.36. The Morgan fingerprint density at radius 2 is 1.86 bits per heavy atom. The number of halogens is 3. The molecule has 1 aromatic carbocycles. The topological polar surface area (TPSA) is 92.6 Å². The van der Waals surface area contributed by atoms with Crippen molar-refractivity contribution in [3.05, 3.63) is 41.1 Å². The molecule has 0 spiro atoms. The van der Waals surface area contributed by atoms with Gasteiger partial charge in [-0.3, -0.25) is 0 Å². The summed E-state index contributed by atoms with van der Waals surface area (Å²) < 4.78 is 51.1. The van der Waals surface area contributed by atoms with Gasteiger partial charge in [-0.25, -0.2) is 4.98 Å². The summed E-state index contributed by atoms with van der Waals surface area (Å²) >= 11 is 0. The molecule has 3 atom stereocenters. The number of ether oxygens (including phenoxy) is 2. The van der Waals surface area contributed by atoms with E-state index in [9.17, 15) is 18.3 Å². The van der Waals surface area contributed by atoms with Crippen molar-refractivity contribution < 1.29 is 27.8 Å². The van der Waals surface area contributed by atoms with Crippen molar-refractivity contribution in [2.75, 3.05) is 30.5 Å². The maximum absolute atomic E-state index is 13.3. The van der Waals surface area contributed by atoms with Crippen LogP contribution in [0.4, 0.5) is 24.7 Å². The monoisotopic (exact) mass is 489 g/mol. The fourth-order valence-electron chi connectivity index (χ4n) is 4.97. The van der Waals surface area contributed by atoms with Crippen molar-refractivity contribution in [1.82, 2.24) is 15.2 Å². The molecule has 8 nitrogen and oxygen atoms in total. The molecule has 5 rings (SSSR count). The summed E-state index contributed by atoms with van der Waals surface area (Å²) in [7, 11) is 1.57. The van der Waals surface area contributed by atoms with Gasteiger partial charge in [0.2, 0.25) is 5.88 Å². The van der Waals surface area contributed by atoms with Gasteiger partial charge in [0.05, 0.1) is 49.7 Å². The number of methoxy groups -OCH3 is 1. The van der Waals surface area contributed by atoms with Gasteiger partial charge in [-0.15, -0.1) is 5.10 Å². The molecule has 0 saturated carbocycles. The lowest BCUT2D eigenvalue weighted by atomic mass is 10.0. The zero-order valence-electron chi connectivity index (χ0n) is 19.6. The van der Waals surface area contributed by atoms with E-state index in [1.54, 1.807) is 21.0 Å². The van der Waals surface area contributed by atoms with Crippen molar-refractivity contribution in [2.45, 2.75) is 51.0 Å². The Balaban J connectivity index is 1.56. The van der Waals surface area contributed by atoms with Crippen LogP contribution in [0.15, 0.2) is 24.3 Å². The summed E-state index contributed by atoms with van der Waals surface area (Å²) in [5, 5.41) is 22.2. The van der Waals surface area contributed by atoms with Gasteiger partial charge < -0.3 is 24.8 Å². The summed E-state index contributed by atoms with van der Waals surface area (Å²) in [4.78, 5) is 7.02. The van der Waals surface area contributed by atoms with Crippen LogP contribution in [0.25, 0.3) is 10.9 Å². The number of aromatic nitrogens is 3. The molecule has 2 aliphatic rings. The van der Waals surface area contributed by atoms with E-state index in [0.717, 1.165) is 24.6 Å². The number of rotatable bonds is 5. The first kappa shape index (κ1) is 23.4. The highest BCUT2D eigenvalue weighted by atomic mass is 19.4. The fourth-order valence-corrected chi connectivity index (χ4v) is 4.97. The average Bonchev–Trinajstić information content (AvgIpc) is 3.06. The van der Waals surface area contributed by atoms with Crippen LogP contribution in [0, 0.1) is 6.92 Å². The lowest BCUT2D eigenvalue weighted by Gasteiger charge is -2.37. The Morgan fingerprint density at radius 1 is 1.14 bits per heavy atom. The zero-order valence-corrected chi connectivity index (χ0v) is 19.6. The number of fused-ring (bicyclic) bond motifs is 3. The molecular formula is C24H26F3N5O3. The Kier molecular flexibility index (Phi) is 5.82. The molecule has 4 heterocycles. The van der Waals surface area contributed by atoms with E-state index in [1.807, 2.05) is 6.07 Å². The van der Waals surface area contributed by atoms with E-state index >= 15 is 0 Å². The molecule has 2 N–H and O–H groups in total. The third-order valence-corrected chi connectivity index (χ3v) is 6.70. The predicted octanol–water partition coefficient (Wildman–Crippen LogP) is 4.61. The minimum atomic E-state index is -4.57. The van der Waals surface area contributed by atoms with Crippen molar-refractivity contribution in [1.29, 1.82) is 0 Å². The first-order chi connectivity index (χ1) is 16.7. The van der Waals surface area contributed by atoms with Crippen molar-refractivity contribution in [2.24, 2.45) is 0 Å². The average molecular weight is 489 g/mol. The minimum Gasteiger partial charge on any atom is -0.508 e. The van der Waals surface area contributed by atoms with Gasteiger partial charge in [-0.1, -0.05) is 0 Å². The van der Waals surface area contributed by atoms with Crippen LogP contribution in [0.3, 0.4) is 0 Å². The summed E-state index contributed by atoms with van der Waals surface area (Å²) in [6, 6.07) is 4.82. The van der Waals surface area contributed by atoms with E-state index in [2.05, 4.69) is 20.4 Å². The number of anilines is 2. The lowest BCUT2D eigenvalue weighted by molar-refractivity contribution is -0.137. The lowest BCUT2D eigenvalue weighted by Crippen LogP contribution is -2.46. The van der Waals surface area contributed by atoms with Crippen LogP contribution < -0.4 is 15.0 Å². The second-order valence-electron chi connectivity index (χ2n) is 9.05. The van der Waals surface area contributed by atoms with Crippen LogP contribution in [0.1, 0.15) is 42.6 Å².